The van der Waals surface area contributed by atoms with Gasteiger partial charge in [0.05, 0.1) is 11.3 Å². The van der Waals surface area contributed by atoms with E-state index >= 15 is 0 Å². The van der Waals surface area contributed by atoms with Gasteiger partial charge in [0, 0.05) is 11.4 Å². The van der Waals surface area contributed by atoms with Crippen LogP contribution in [-0.4, -0.2) is 17.4 Å². The largest absolute Gasteiger partial charge is 0.309 e. The van der Waals surface area contributed by atoms with Crippen molar-refractivity contribution in [2.45, 2.75) is 26.8 Å². The number of carbonyl (C=O) groups is 1. The maximum atomic E-state index is 13.9. The lowest BCUT2D eigenvalue weighted by Gasteiger charge is -2.08. The average Bonchev–Trinajstić information content (AvgIpc) is 2.90. The molecule has 0 bridgehead atoms. The van der Waals surface area contributed by atoms with Gasteiger partial charge in [0.1, 0.15) is 5.82 Å². The summed E-state index contributed by atoms with van der Waals surface area (Å²) in [7, 11) is 0. The molecule has 1 aromatic carbocycles. The minimum atomic E-state index is -0.493. The normalized spacial score (nSPS) is 12.2. The Labute approximate surface area is 127 Å². The fourth-order valence-corrected chi connectivity index (χ4v) is 2.74. The molecule has 1 amide bonds. The number of carbonyl (C=O) groups excluding carboxylic acids is 1. The van der Waals surface area contributed by atoms with E-state index in [9.17, 15) is 9.18 Å². The summed E-state index contributed by atoms with van der Waals surface area (Å²) in [6.45, 7) is 6.50. The Bertz CT molecular complexity index is 642. The van der Waals surface area contributed by atoms with Crippen LogP contribution in [-0.2, 0) is 0 Å². The van der Waals surface area contributed by atoms with Crippen LogP contribution < -0.4 is 10.6 Å². The van der Waals surface area contributed by atoms with Crippen molar-refractivity contribution < 1.29 is 9.18 Å². The first-order valence-corrected chi connectivity index (χ1v) is 7.66. The van der Waals surface area contributed by atoms with Gasteiger partial charge in [0.25, 0.3) is 5.91 Å². The van der Waals surface area contributed by atoms with Crippen molar-refractivity contribution in [1.82, 2.24) is 10.3 Å². The Hall–Kier alpha value is -1.79. The molecular formula is C15H18FN3OS. The average molecular weight is 307 g/mol. The summed E-state index contributed by atoms with van der Waals surface area (Å²) in [6, 6.07) is 4.88. The number of hydrogen-bond donors (Lipinski definition) is 2. The second-order valence-electron chi connectivity index (χ2n) is 4.75. The highest BCUT2D eigenvalue weighted by atomic mass is 32.1. The number of benzene rings is 1. The Morgan fingerprint density at radius 3 is 2.95 bits per heavy atom. The number of anilines is 1. The van der Waals surface area contributed by atoms with Gasteiger partial charge in [-0.2, -0.15) is 0 Å². The van der Waals surface area contributed by atoms with Gasteiger partial charge in [-0.05, 0) is 32.0 Å². The molecule has 1 atom stereocenters. The van der Waals surface area contributed by atoms with E-state index in [1.165, 1.54) is 17.4 Å². The van der Waals surface area contributed by atoms with E-state index in [-0.39, 0.29) is 11.6 Å². The molecule has 21 heavy (non-hydrogen) atoms. The Balaban J connectivity index is 2.11. The van der Waals surface area contributed by atoms with Crippen LogP contribution in [0.2, 0.25) is 0 Å². The highest BCUT2D eigenvalue weighted by Gasteiger charge is 2.15. The second kappa shape index (κ2) is 6.78. The van der Waals surface area contributed by atoms with Crippen molar-refractivity contribution in [1.29, 1.82) is 0 Å². The van der Waals surface area contributed by atoms with Crippen molar-refractivity contribution in [2.75, 3.05) is 11.9 Å². The number of thiazole rings is 1. The molecule has 0 aliphatic carbocycles. The van der Waals surface area contributed by atoms with Crippen LogP contribution in [0.3, 0.4) is 0 Å². The van der Waals surface area contributed by atoms with E-state index < -0.39 is 11.7 Å². The highest BCUT2D eigenvalue weighted by molar-refractivity contribution is 7.14. The van der Waals surface area contributed by atoms with Crippen LogP contribution in [0.25, 0.3) is 0 Å². The molecule has 0 radical (unpaired) electrons. The molecule has 4 nitrogen and oxygen atoms in total. The number of aryl methyl sites for hydroxylation is 1. The van der Waals surface area contributed by atoms with Crippen molar-refractivity contribution in [2.24, 2.45) is 0 Å². The molecule has 1 aromatic heterocycles. The summed E-state index contributed by atoms with van der Waals surface area (Å²) in [5.41, 5.74) is 1.34. The first-order chi connectivity index (χ1) is 10.0. The summed E-state index contributed by atoms with van der Waals surface area (Å²) in [4.78, 5) is 16.4. The quantitative estimate of drug-likeness (QED) is 0.888. The zero-order valence-corrected chi connectivity index (χ0v) is 13.1. The predicted molar refractivity (Wildman–Crippen MR) is 83.3 cm³/mol. The molecule has 6 heteroatoms. The standard InChI is InChI=1S/C15H18FN3OS/c1-4-17-10(3)12-8-21-15(18-12)19-14(20)11-7-5-6-9(2)13(11)16/h5-8,10,17H,4H2,1-3H3,(H,18,19,20). The number of nitrogens with one attached hydrogen (secondary N) is 2. The number of rotatable bonds is 5. The zero-order valence-electron chi connectivity index (χ0n) is 12.2. The molecule has 2 rings (SSSR count). The Morgan fingerprint density at radius 1 is 1.48 bits per heavy atom. The Kier molecular flexibility index (Phi) is 5.03. The molecule has 0 saturated heterocycles. The van der Waals surface area contributed by atoms with Gasteiger partial charge < -0.3 is 5.32 Å². The van der Waals surface area contributed by atoms with E-state index in [2.05, 4.69) is 15.6 Å². The lowest BCUT2D eigenvalue weighted by molar-refractivity contribution is 0.102. The van der Waals surface area contributed by atoms with Gasteiger partial charge in [0.2, 0.25) is 0 Å². The van der Waals surface area contributed by atoms with Gasteiger partial charge in [0.15, 0.2) is 5.13 Å². The fourth-order valence-electron chi connectivity index (χ4n) is 1.94. The van der Waals surface area contributed by atoms with Gasteiger partial charge >= 0.3 is 0 Å². The van der Waals surface area contributed by atoms with Crippen LogP contribution in [0.4, 0.5) is 9.52 Å². The Morgan fingerprint density at radius 2 is 2.24 bits per heavy atom. The molecule has 1 unspecified atom stereocenters. The molecular weight excluding hydrogens is 289 g/mol. The van der Waals surface area contributed by atoms with E-state index in [0.29, 0.717) is 10.7 Å². The number of aromatic nitrogens is 1. The minimum Gasteiger partial charge on any atom is -0.309 e. The lowest BCUT2D eigenvalue weighted by Crippen LogP contribution is -2.18. The number of amides is 1. The second-order valence-corrected chi connectivity index (χ2v) is 5.61. The SMILES string of the molecule is CCNC(C)c1csc(NC(=O)c2cccc(C)c2F)n1. The number of halogens is 1. The van der Waals surface area contributed by atoms with Crippen LogP contribution in [0.15, 0.2) is 23.6 Å². The van der Waals surface area contributed by atoms with E-state index in [4.69, 9.17) is 0 Å². The van der Waals surface area contributed by atoms with Crippen LogP contribution in [0.1, 0.15) is 41.5 Å². The molecule has 1 heterocycles. The molecule has 112 valence electrons. The lowest BCUT2D eigenvalue weighted by atomic mass is 10.1. The molecule has 0 saturated carbocycles. The van der Waals surface area contributed by atoms with Crippen LogP contribution >= 0.6 is 11.3 Å². The van der Waals surface area contributed by atoms with Crippen LogP contribution in [0.5, 0.6) is 0 Å². The monoisotopic (exact) mass is 307 g/mol. The van der Waals surface area contributed by atoms with Crippen molar-refractivity contribution in [3.63, 3.8) is 0 Å². The third-order valence-corrected chi connectivity index (χ3v) is 3.91. The summed E-state index contributed by atoms with van der Waals surface area (Å²) < 4.78 is 13.9. The molecule has 0 fully saturated rings. The van der Waals surface area contributed by atoms with E-state index in [1.54, 1.807) is 19.1 Å². The first kappa shape index (κ1) is 15.6. The smallest absolute Gasteiger partial charge is 0.260 e. The van der Waals surface area contributed by atoms with Gasteiger partial charge in [-0.3, -0.25) is 10.1 Å². The molecule has 2 N–H and O–H groups in total. The van der Waals surface area contributed by atoms with Crippen molar-refractivity contribution >= 4 is 22.4 Å². The summed E-state index contributed by atoms with van der Waals surface area (Å²) in [5.74, 6) is -0.971. The minimum absolute atomic E-state index is 0.0338. The van der Waals surface area contributed by atoms with E-state index in [1.807, 2.05) is 19.2 Å². The number of hydrogen-bond acceptors (Lipinski definition) is 4. The molecule has 0 spiro atoms. The topological polar surface area (TPSA) is 54.0 Å². The summed E-state index contributed by atoms with van der Waals surface area (Å²) in [5, 5.41) is 8.25. The molecule has 2 aromatic rings. The maximum absolute atomic E-state index is 13.9. The fraction of sp³-hybridized carbons (Fsp3) is 0.333. The van der Waals surface area contributed by atoms with Crippen molar-refractivity contribution in [3.05, 3.63) is 46.2 Å². The molecule has 0 aliphatic heterocycles. The highest BCUT2D eigenvalue weighted by Crippen LogP contribution is 2.21. The number of nitrogens with zero attached hydrogens (tertiary/aromatic N) is 1. The third-order valence-electron chi connectivity index (χ3n) is 3.13. The third kappa shape index (κ3) is 3.65. The first-order valence-electron chi connectivity index (χ1n) is 6.78. The molecule has 0 aliphatic rings. The van der Waals surface area contributed by atoms with Crippen molar-refractivity contribution in [3.8, 4) is 0 Å². The van der Waals surface area contributed by atoms with Gasteiger partial charge in [-0.1, -0.05) is 19.1 Å². The summed E-state index contributed by atoms with van der Waals surface area (Å²) >= 11 is 1.33. The van der Waals surface area contributed by atoms with Gasteiger partial charge in [-0.15, -0.1) is 11.3 Å². The zero-order chi connectivity index (χ0) is 15.4. The predicted octanol–water partition coefficient (Wildman–Crippen LogP) is 3.51. The summed E-state index contributed by atoms with van der Waals surface area (Å²) in [6.07, 6.45) is 0. The van der Waals surface area contributed by atoms with Crippen LogP contribution in [0, 0.1) is 12.7 Å². The maximum Gasteiger partial charge on any atom is 0.260 e. The van der Waals surface area contributed by atoms with E-state index in [0.717, 1.165) is 12.2 Å². The van der Waals surface area contributed by atoms with Gasteiger partial charge in [-0.25, -0.2) is 9.37 Å².